The Labute approximate surface area is 195 Å². The van der Waals surface area contributed by atoms with Crippen molar-refractivity contribution in [3.63, 3.8) is 0 Å². The van der Waals surface area contributed by atoms with Crippen LogP contribution in [0, 0.1) is 6.92 Å². The first-order valence-electron chi connectivity index (χ1n) is 10.9. The Bertz CT molecular complexity index is 1160. The van der Waals surface area contributed by atoms with Crippen LogP contribution in [0.4, 0.5) is 24.5 Å². The SMILES string of the molecule is Cc1nc2cc(NC(=O)c3ccc(C(F)(F)F)cc3N[C@H]3CCCC[C@@H]3N(C)C)ccc2s1. The van der Waals surface area contributed by atoms with E-state index in [2.05, 4.69) is 20.5 Å². The second-order valence-electron chi connectivity index (χ2n) is 8.69. The molecule has 4 rings (SSSR count). The molecule has 2 N–H and O–H groups in total. The standard InChI is InChI=1S/C24H27F3N4OS/c1-14-28-20-13-16(9-11-22(20)33-14)29-23(32)17-10-8-15(24(25,26)27)12-19(17)30-18-6-4-5-7-21(18)31(2)3/h8-13,18,21,30H,4-7H2,1-3H3,(H,29,32)/t18-,21-/m0/s1. The van der Waals surface area contributed by atoms with E-state index in [4.69, 9.17) is 0 Å². The molecule has 0 saturated heterocycles. The van der Waals surface area contributed by atoms with Gasteiger partial charge in [0, 0.05) is 23.5 Å². The Morgan fingerprint density at radius 1 is 1.12 bits per heavy atom. The summed E-state index contributed by atoms with van der Waals surface area (Å²) in [5.41, 5.74) is 0.926. The molecule has 9 heteroatoms. The molecule has 1 aliphatic carbocycles. The molecule has 1 heterocycles. The molecule has 3 aromatic rings. The minimum atomic E-state index is -4.49. The van der Waals surface area contributed by atoms with Crippen LogP contribution in [0.1, 0.15) is 46.6 Å². The molecule has 0 unspecified atom stereocenters. The molecule has 176 valence electrons. The number of anilines is 2. The van der Waals surface area contributed by atoms with Crippen molar-refractivity contribution < 1.29 is 18.0 Å². The number of thiazole rings is 1. The van der Waals surface area contributed by atoms with Crippen LogP contribution < -0.4 is 10.6 Å². The van der Waals surface area contributed by atoms with E-state index in [0.29, 0.717) is 5.69 Å². The summed E-state index contributed by atoms with van der Waals surface area (Å²) in [6.45, 7) is 1.91. The van der Waals surface area contributed by atoms with Crippen LogP contribution in [-0.2, 0) is 6.18 Å². The molecule has 1 saturated carbocycles. The van der Waals surface area contributed by atoms with Gasteiger partial charge in [0.15, 0.2) is 0 Å². The number of nitrogens with one attached hydrogen (secondary N) is 2. The van der Waals surface area contributed by atoms with Crippen LogP contribution in [0.15, 0.2) is 36.4 Å². The van der Waals surface area contributed by atoms with Crippen LogP contribution >= 0.6 is 11.3 Å². The normalized spacial score (nSPS) is 19.1. The first-order chi connectivity index (χ1) is 15.6. The number of aryl methyl sites for hydroxylation is 1. The van der Waals surface area contributed by atoms with Gasteiger partial charge in [-0.1, -0.05) is 12.8 Å². The van der Waals surface area contributed by atoms with Crippen molar-refractivity contribution in [1.82, 2.24) is 9.88 Å². The van der Waals surface area contributed by atoms with Crippen LogP contribution in [0.3, 0.4) is 0 Å². The zero-order chi connectivity index (χ0) is 23.8. The van der Waals surface area contributed by atoms with E-state index in [1.54, 1.807) is 23.5 Å². The summed E-state index contributed by atoms with van der Waals surface area (Å²) in [6.07, 6.45) is -0.629. The average Bonchev–Trinajstić information content (AvgIpc) is 3.12. The Morgan fingerprint density at radius 3 is 2.61 bits per heavy atom. The molecule has 2 aromatic carbocycles. The highest BCUT2D eigenvalue weighted by Gasteiger charge is 2.33. The van der Waals surface area contributed by atoms with Gasteiger partial charge in [-0.25, -0.2) is 4.98 Å². The fraction of sp³-hybridized carbons (Fsp3) is 0.417. The lowest BCUT2D eigenvalue weighted by Gasteiger charge is -2.37. The van der Waals surface area contributed by atoms with Crippen LogP contribution in [0.2, 0.25) is 0 Å². The maximum Gasteiger partial charge on any atom is 0.416 e. The van der Waals surface area contributed by atoms with E-state index in [0.717, 1.165) is 53.0 Å². The summed E-state index contributed by atoms with van der Waals surface area (Å²) in [6, 6.07) is 8.82. The molecular weight excluding hydrogens is 449 g/mol. The number of amides is 1. The molecule has 0 radical (unpaired) electrons. The highest BCUT2D eigenvalue weighted by molar-refractivity contribution is 7.18. The maximum absolute atomic E-state index is 13.4. The predicted molar refractivity (Wildman–Crippen MR) is 127 cm³/mol. The quantitative estimate of drug-likeness (QED) is 0.463. The third-order valence-electron chi connectivity index (χ3n) is 6.08. The number of likely N-dealkylation sites (N-methyl/N-ethyl adjacent to an activating group) is 1. The van der Waals surface area contributed by atoms with E-state index >= 15 is 0 Å². The van der Waals surface area contributed by atoms with Crippen LogP contribution in [-0.4, -0.2) is 42.0 Å². The highest BCUT2D eigenvalue weighted by atomic mass is 32.1. The minimum Gasteiger partial charge on any atom is -0.380 e. The summed E-state index contributed by atoms with van der Waals surface area (Å²) in [4.78, 5) is 19.7. The Hall–Kier alpha value is -2.65. The average molecular weight is 477 g/mol. The predicted octanol–water partition coefficient (Wildman–Crippen LogP) is 6.16. The van der Waals surface area contributed by atoms with E-state index in [-0.39, 0.29) is 23.3 Å². The van der Waals surface area contributed by atoms with Crippen molar-refractivity contribution in [2.24, 2.45) is 0 Å². The smallest absolute Gasteiger partial charge is 0.380 e. The van der Waals surface area contributed by atoms with Gasteiger partial charge in [-0.3, -0.25) is 4.79 Å². The summed E-state index contributed by atoms with van der Waals surface area (Å²) in [7, 11) is 3.95. The van der Waals surface area contributed by atoms with Crippen molar-refractivity contribution in [3.05, 3.63) is 52.5 Å². The number of carbonyl (C=O) groups is 1. The third kappa shape index (κ3) is 5.30. The first kappa shape index (κ1) is 23.5. The van der Waals surface area contributed by atoms with E-state index in [1.807, 2.05) is 27.1 Å². The van der Waals surface area contributed by atoms with E-state index in [1.165, 1.54) is 6.07 Å². The second-order valence-corrected chi connectivity index (χ2v) is 9.93. The monoisotopic (exact) mass is 476 g/mol. The van der Waals surface area contributed by atoms with Gasteiger partial charge >= 0.3 is 6.18 Å². The molecule has 1 fully saturated rings. The molecule has 0 aliphatic heterocycles. The van der Waals surface area contributed by atoms with Crippen molar-refractivity contribution >= 4 is 38.8 Å². The van der Waals surface area contributed by atoms with E-state index < -0.39 is 17.6 Å². The third-order valence-corrected chi connectivity index (χ3v) is 7.03. The molecule has 1 aromatic heterocycles. The fourth-order valence-electron chi connectivity index (χ4n) is 4.45. The number of rotatable bonds is 5. The molecule has 2 atom stereocenters. The van der Waals surface area contributed by atoms with Crippen molar-refractivity contribution in [3.8, 4) is 0 Å². The molecule has 0 spiro atoms. The number of halogens is 3. The number of alkyl halides is 3. The van der Waals surface area contributed by atoms with Gasteiger partial charge in [0.05, 0.1) is 26.4 Å². The Morgan fingerprint density at radius 2 is 1.88 bits per heavy atom. The van der Waals surface area contributed by atoms with Crippen molar-refractivity contribution in [1.29, 1.82) is 0 Å². The molecule has 33 heavy (non-hydrogen) atoms. The minimum absolute atomic E-state index is 0.0434. The number of hydrogen-bond acceptors (Lipinski definition) is 5. The number of benzene rings is 2. The second kappa shape index (κ2) is 9.30. The van der Waals surface area contributed by atoms with Crippen molar-refractivity contribution in [2.45, 2.75) is 50.9 Å². The molecule has 0 bridgehead atoms. The zero-order valence-corrected chi connectivity index (χ0v) is 19.6. The molecule has 5 nitrogen and oxygen atoms in total. The Balaban J connectivity index is 1.64. The van der Waals surface area contributed by atoms with Gasteiger partial charge < -0.3 is 15.5 Å². The van der Waals surface area contributed by atoms with Crippen LogP contribution in [0.25, 0.3) is 10.2 Å². The zero-order valence-electron chi connectivity index (χ0n) is 18.8. The lowest BCUT2D eigenvalue weighted by molar-refractivity contribution is -0.137. The maximum atomic E-state index is 13.4. The van der Waals surface area contributed by atoms with Gasteiger partial charge in [0.25, 0.3) is 5.91 Å². The van der Waals surface area contributed by atoms with Gasteiger partial charge in [-0.15, -0.1) is 11.3 Å². The van der Waals surface area contributed by atoms with Gasteiger partial charge in [-0.2, -0.15) is 13.2 Å². The summed E-state index contributed by atoms with van der Waals surface area (Å²) < 4.78 is 41.3. The number of carbonyl (C=O) groups excluding carboxylic acids is 1. The summed E-state index contributed by atoms with van der Waals surface area (Å²) in [5.74, 6) is -0.463. The Kier molecular flexibility index (Phi) is 6.63. The highest BCUT2D eigenvalue weighted by Crippen LogP contribution is 2.34. The van der Waals surface area contributed by atoms with Crippen molar-refractivity contribution in [2.75, 3.05) is 24.7 Å². The molecular formula is C24H27F3N4OS. The number of nitrogens with zero attached hydrogens (tertiary/aromatic N) is 2. The molecule has 1 aliphatic rings. The largest absolute Gasteiger partial charge is 0.416 e. The lowest BCUT2D eigenvalue weighted by Crippen LogP contribution is -2.45. The number of hydrogen-bond donors (Lipinski definition) is 2. The summed E-state index contributed by atoms with van der Waals surface area (Å²) >= 11 is 1.56. The molecule has 1 amide bonds. The van der Waals surface area contributed by atoms with Crippen LogP contribution in [0.5, 0.6) is 0 Å². The number of aromatic nitrogens is 1. The fourth-order valence-corrected chi connectivity index (χ4v) is 5.26. The summed E-state index contributed by atoms with van der Waals surface area (Å²) in [5, 5.41) is 7.03. The first-order valence-corrected chi connectivity index (χ1v) is 11.8. The lowest BCUT2D eigenvalue weighted by atomic mass is 9.89. The number of fused-ring (bicyclic) bond motifs is 1. The van der Waals surface area contributed by atoms with E-state index in [9.17, 15) is 18.0 Å². The van der Waals surface area contributed by atoms with Gasteiger partial charge in [0.1, 0.15) is 0 Å². The van der Waals surface area contributed by atoms with Gasteiger partial charge in [-0.05, 0) is 70.3 Å². The topological polar surface area (TPSA) is 57.3 Å². The van der Waals surface area contributed by atoms with Gasteiger partial charge in [0.2, 0.25) is 0 Å².